The molecule has 0 aliphatic rings. The van der Waals surface area contributed by atoms with Gasteiger partial charge in [0.1, 0.15) is 0 Å². The molecule has 0 bridgehead atoms. The molecule has 1 aromatic carbocycles. The minimum atomic E-state index is -0.581. The van der Waals surface area contributed by atoms with Crippen molar-refractivity contribution in [2.24, 2.45) is 0 Å². The van der Waals surface area contributed by atoms with Crippen LogP contribution in [-0.4, -0.2) is 36.8 Å². The summed E-state index contributed by atoms with van der Waals surface area (Å²) in [5.74, 6) is -0.343. The second-order valence-corrected chi connectivity index (χ2v) is 4.08. The number of carbonyl (C=O) groups excluding carboxylic acids is 1. The Morgan fingerprint density at radius 1 is 1.32 bits per heavy atom. The molecule has 0 fully saturated rings. The van der Waals surface area contributed by atoms with Crippen molar-refractivity contribution in [2.45, 2.75) is 6.92 Å². The second kappa shape index (κ2) is 5.51. The molecule has 19 heavy (non-hydrogen) atoms. The zero-order valence-electron chi connectivity index (χ0n) is 11.1. The van der Waals surface area contributed by atoms with E-state index < -0.39 is 5.97 Å². The zero-order valence-corrected chi connectivity index (χ0v) is 11.1. The van der Waals surface area contributed by atoms with E-state index in [9.17, 15) is 4.79 Å². The van der Waals surface area contributed by atoms with Crippen LogP contribution < -0.4 is 4.90 Å². The first-order chi connectivity index (χ1) is 9.11. The van der Waals surface area contributed by atoms with Crippen molar-refractivity contribution in [1.29, 1.82) is 0 Å². The lowest BCUT2D eigenvalue weighted by Gasteiger charge is -2.11. The first-order valence-electron chi connectivity index (χ1n) is 5.90. The Bertz CT molecular complexity index is 561. The van der Waals surface area contributed by atoms with E-state index in [0.29, 0.717) is 5.89 Å². The van der Waals surface area contributed by atoms with Crippen molar-refractivity contribution in [3.8, 4) is 11.5 Å². The molecule has 100 valence electrons. The van der Waals surface area contributed by atoms with Crippen LogP contribution in [0.25, 0.3) is 11.5 Å². The number of anilines is 1. The first kappa shape index (κ1) is 13.1. The van der Waals surface area contributed by atoms with Crippen LogP contribution in [-0.2, 0) is 4.74 Å². The molecule has 0 N–H and O–H groups in total. The van der Waals surface area contributed by atoms with E-state index in [0.717, 1.165) is 11.3 Å². The van der Waals surface area contributed by atoms with Crippen molar-refractivity contribution in [2.75, 3.05) is 25.6 Å². The van der Waals surface area contributed by atoms with Crippen LogP contribution in [0.1, 0.15) is 17.5 Å². The Morgan fingerprint density at radius 3 is 2.58 bits per heavy atom. The lowest BCUT2D eigenvalue weighted by molar-refractivity contribution is 0.0508. The highest BCUT2D eigenvalue weighted by Gasteiger charge is 2.16. The SMILES string of the molecule is CCOC(=O)c1noc(-c2ccc(N(C)C)cc2)n1. The number of hydrogen-bond acceptors (Lipinski definition) is 6. The quantitative estimate of drug-likeness (QED) is 0.784. The minimum Gasteiger partial charge on any atom is -0.460 e. The van der Waals surface area contributed by atoms with E-state index in [2.05, 4.69) is 10.1 Å². The summed E-state index contributed by atoms with van der Waals surface area (Å²) in [6, 6.07) is 7.59. The van der Waals surface area contributed by atoms with Gasteiger partial charge in [-0.05, 0) is 36.3 Å². The summed E-state index contributed by atoms with van der Waals surface area (Å²) >= 11 is 0. The Kier molecular flexibility index (Phi) is 3.79. The van der Waals surface area contributed by atoms with Gasteiger partial charge in [0.2, 0.25) is 0 Å². The van der Waals surface area contributed by atoms with Gasteiger partial charge in [-0.25, -0.2) is 4.79 Å². The average Bonchev–Trinajstić information content (AvgIpc) is 2.89. The Hall–Kier alpha value is -2.37. The molecular formula is C13H15N3O3. The molecule has 0 unspecified atom stereocenters. The van der Waals surface area contributed by atoms with Crippen molar-refractivity contribution < 1.29 is 14.1 Å². The predicted molar refractivity (Wildman–Crippen MR) is 70.0 cm³/mol. The molecule has 6 nitrogen and oxygen atoms in total. The summed E-state index contributed by atoms with van der Waals surface area (Å²) in [6.07, 6.45) is 0. The summed E-state index contributed by atoms with van der Waals surface area (Å²) in [4.78, 5) is 17.4. The third-order valence-electron chi connectivity index (χ3n) is 2.51. The third kappa shape index (κ3) is 2.90. The van der Waals surface area contributed by atoms with Crippen LogP contribution >= 0.6 is 0 Å². The topological polar surface area (TPSA) is 68.5 Å². The molecule has 0 aliphatic heterocycles. The van der Waals surface area contributed by atoms with Crippen LogP contribution in [0.2, 0.25) is 0 Å². The van der Waals surface area contributed by atoms with Crippen molar-refractivity contribution in [3.05, 3.63) is 30.1 Å². The van der Waals surface area contributed by atoms with Crippen LogP contribution in [0.5, 0.6) is 0 Å². The van der Waals surface area contributed by atoms with Gasteiger partial charge in [-0.15, -0.1) is 0 Å². The largest absolute Gasteiger partial charge is 0.460 e. The normalized spacial score (nSPS) is 10.3. The van der Waals surface area contributed by atoms with Crippen LogP contribution in [0, 0.1) is 0 Å². The molecule has 0 atom stereocenters. The average molecular weight is 261 g/mol. The first-order valence-corrected chi connectivity index (χ1v) is 5.90. The molecule has 0 aliphatic carbocycles. The summed E-state index contributed by atoms with van der Waals surface area (Å²) in [7, 11) is 3.92. The Balaban J connectivity index is 2.20. The fraction of sp³-hybridized carbons (Fsp3) is 0.308. The summed E-state index contributed by atoms with van der Waals surface area (Å²) < 4.78 is 9.84. The highest BCUT2D eigenvalue weighted by molar-refractivity contribution is 5.85. The Morgan fingerprint density at radius 2 is 2.00 bits per heavy atom. The van der Waals surface area contributed by atoms with Crippen molar-refractivity contribution in [1.82, 2.24) is 10.1 Å². The van der Waals surface area contributed by atoms with Gasteiger partial charge >= 0.3 is 5.97 Å². The molecule has 6 heteroatoms. The van der Waals surface area contributed by atoms with Gasteiger partial charge in [-0.1, -0.05) is 0 Å². The number of rotatable bonds is 4. The lowest BCUT2D eigenvalue weighted by Crippen LogP contribution is -2.08. The van der Waals surface area contributed by atoms with Gasteiger partial charge in [-0.2, -0.15) is 4.98 Å². The van der Waals surface area contributed by atoms with Crippen molar-refractivity contribution >= 4 is 11.7 Å². The maximum Gasteiger partial charge on any atom is 0.379 e. The van der Waals surface area contributed by atoms with Crippen molar-refractivity contribution in [3.63, 3.8) is 0 Å². The number of nitrogens with zero attached hydrogens (tertiary/aromatic N) is 3. The molecule has 0 spiro atoms. The van der Waals surface area contributed by atoms with E-state index in [4.69, 9.17) is 9.26 Å². The van der Waals surface area contributed by atoms with Gasteiger partial charge in [0.15, 0.2) is 0 Å². The predicted octanol–water partition coefficient (Wildman–Crippen LogP) is 1.98. The molecule has 0 saturated heterocycles. The molecule has 2 rings (SSSR count). The van der Waals surface area contributed by atoms with E-state index in [-0.39, 0.29) is 12.4 Å². The third-order valence-corrected chi connectivity index (χ3v) is 2.51. The Labute approximate surface area is 111 Å². The number of ether oxygens (including phenoxy) is 1. The van der Waals surface area contributed by atoms with Gasteiger partial charge in [-0.3, -0.25) is 0 Å². The lowest BCUT2D eigenvalue weighted by atomic mass is 10.2. The van der Waals surface area contributed by atoms with Crippen LogP contribution in [0.4, 0.5) is 5.69 Å². The molecule has 0 saturated carbocycles. The van der Waals surface area contributed by atoms with E-state index >= 15 is 0 Å². The molecule has 2 aromatic rings. The fourth-order valence-corrected chi connectivity index (χ4v) is 1.52. The molecular weight excluding hydrogens is 246 g/mol. The maximum absolute atomic E-state index is 11.4. The second-order valence-electron chi connectivity index (χ2n) is 4.08. The maximum atomic E-state index is 11.4. The summed E-state index contributed by atoms with van der Waals surface area (Å²) in [5.41, 5.74) is 1.82. The van der Waals surface area contributed by atoms with E-state index in [1.54, 1.807) is 6.92 Å². The monoisotopic (exact) mass is 261 g/mol. The number of aromatic nitrogens is 2. The highest BCUT2D eigenvalue weighted by Crippen LogP contribution is 2.20. The molecule has 1 heterocycles. The number of esters is 1. The van der Waals surface area contributed by atoms with Crippen LogP contribution in [0.15, 0.2) is 28.8 Å². The minimum absolute atomic E-state index is 0.0615. The van der Waals surface area contributed by atoms with Gasteiger partial charge in [0.25, 0.3) is 11.7 Å². The van der Waals surface area contributed by atoms with Gasteiger partial charge in [0.05, 0.1) is 6.61 Å². The number of benzene rings is 1. The zero-order chi connectivity index (χ0) is 13.8. The number of carbonyl (C=O) groups is 1. The van der Waals surface area contributed by atoms with E-state index in [1.165, 1.54) is 0 Å². The smallest absolute Gasteiger partial charge is 0.379 e. The number of hydrogen-bond donors (Lipinski definition) is 0. The summed E-state index contributed by atoms with van der Waals surface area (Å²) in [6.45, 7) is 2.00. The molecule has 1 aromatic heterocycles. The standard InChI is InChI=1S/C13H15N3O3/c1-4-18-13(17)11-14-12(19-15-11)9-5-7-10(8-6-9)16(2)3/h5-8H,4H2,1-3H3. The van der Waals surface area contributed by atoms with Crippen LogP contribution in [0.3, 0.4) is 0 Å². The molecule has 0 radical (unpaired) electrons. The molecule has 0 amide bonds. The van der Waals surface area contributed by atoms with Gasteiger partial charge in [0, 0.05) is 25.3 Å². The van der Waals surface area contributed by atoms with E-state index in [1.807, 2.05) is 43.3 Å². The fourth-order valence-electron chi connectivity index (χ4n) is 1.52. The van der Waals surface area contributed by atoms with Gasteiger partial charge < -0.3 is 14.2 Å². The summed E-state index contributed by atoms with van der Waals surface area (Å²) in [5, 5.41) is 3.60. The highest BCUT2D eigenvalue weighted by atomic mass is 16.5.